The third-order valence-electron chi connectivity index (χ3n) is 1.78. The van der Waals surface area contributed by atoms with Gasteiger partial charge in [0.15, 0.2) is 0 Å². The van der Waals surface area contributed by atoms with E-state index in [0.29, 0.717) is 12.1 Å². The summed E-state index contributed by atoms with van der Waals surface area (Å²) in [6.07, 6.45) is -1.65. The Balaban J connectivity index is 3.07. The van der Waals surface area contributed by atoms with Crippen LogP contribution in [-0.2, 0) is 0 Å². The second-order valence-electron chi connectivity index (χ2n) is 2.81. The van der Waals surface area contributed by atoms with Crippen LogP contribution in [-0.4, -0.2) is 16.8 Å². The summed E-state index contributed by atoms with van der Waals surface area (Å²) in [5.41, 5.74) is -0.611. The Morgan fingerprint density at radius 3 is 2.07 bits per heavy atom. The Morgan fingerprint density at radius 2 is 1.64 bits per heavy atom. The maximum absolute atomic E-state index is 13.0. The van der Waals surface area contributed by atoms with Gasteiger partial charge in [-0.25, -0.2) is 13.2 Å². The summed E-state index contributed by atoms with van der Waals surface area (Å²) < 4.78 is 38.4. The van der Waals surface area contributed by atoms with E-state index in [-0.39, 0.29) is 6.42 Å². The van der Waals surface area contributed by atoms with E-state index in [1.807, 2.05) is 0 Å². The molecule has 1 rings (SSSR count). The summed E-state index contributed by atoms with van der Waals surface area (Å²) in [5.74, 6) is -3.34. The number of aliphatic hydroxyl groups excluding tert-OH is 2. The molecule has 14 heavy (non-hydrogen) atoms. The quantitative estimate of drug-likeness (QED) is 0.787. The number of hydrogen-bond donors (Lipinski definition) is 2. The fourth-order valence-electron chi connectivity index (χ4n) is 1.14. The summed E-state index contributed by atoms with van der Waals surface area (Å²) in [6.45, 7) is -0.405. The standard InChI is InChI=1S/C9H9F3O2/c10-5-3-6(11)9(7(12)4-5)8(14)1-2-13/h3-4,8,13-14H,1-2H2. The fraction of sp³-hybridized carbons (Fsp3) is 0.333. The van der Waals surface area contributed by atoms with E-state index in [1.54, 1.807) is 0 Å². The average Bonchev–Trinajstić information content (AvgIpc) is 2.01. The molecule has 1 aromatic rings. The van der Waals surface area contributed by atoms with Crippen molar-refractivity contribution in [2.45, 2.75) is 12.5 Å². The molecule has 0 aliphatic heterocycles. The zero-order chi connectivity index (χ0) is 10.7. The third kappa shape index (κ3) is 2.24. The van der Waals surface area contributed by atoms with Crippen LogP contribution in [0.15, 0.2) is 12.1 Å². The molecular formula is C9H9F3O2. The van der Waals surface area contributed by atoms with Crippen molar-refractivity contribution in [1.29, 1.82) is 0 Å². The van der Waals surface area contributed by atoms with Crippen LogP contribution < -0.4 is 0 Å². The second-order valence-corrected chi connectivity index (χ2v) is 2.81. The van der Waals surface area contributed by atoms with E-state index < -0.39 is 35.7 Å². The molecule has 2 nitrogen and oxygen atoms in total. The van der Waals surface area contributed by atoms with Crippen molar-refractivity contribution in [1.82, 2.24) is 0 Å². The lowest BCUT2D eigenvalue weighted by atomic mass is 10.1. The molecule has 0 radical (unpaired) electrons. The molecular weight excluding hydrogens is 197 g/mol. The number of hydrogen-bond acceptors (Lipinski definition) is 2. The molecule has 0 saturated heterocycles. The largest absolute Gasteiger partial charge is 0.396 e. The van der Waals surface area contributed by atoms with Crippen LogP contribution in [0.25, 0.3) is 0 Å². The molecule has 1 atom stereocenters. The van der Waals surface area contributed by atoms with Gasteiger partial charge in [0.1, 0.15) is 17.5 Å². The van der Waals surface area contributed by atoms with Gasteiger partial charge in [-0.1, -0.05) is 0 Å². The first-order valence-electron chi connectivity index (χ1n) is 3.99. The monoisotopic (exact) mass is 206 g/mol. The molecule has 1 unspecified atom stereocenters. The number of halogens is 3. The normalized spacial score (nSPS) is 12.9. The van der Waals surface area contributed by atoms with Gasteiger partial charge >= 0.3 is 0 Å². The number of aliphatic hydroxyl groups is 2. The first-order valence-corrected chi connectivity index (χ1v) is 3.99. The van der Waals surface area contributed by atoms with Gasteiger partial charge < -0.3 is 10.2 Å². The lowest BCUT2D eigenvalue weighted by Crippen LogP contribution is -2.06. The van der Waals surface area contributed by atoms with Crippen LogP contribution in [0, 0.1) is 17.5 Å². The van der Waals surface area contributed by atoms with Gasteiger partial charge in [0, 0.05) is 25.2 Å². The molecule has 0 aliphatic carbocycles. The summed E-state index contributed by atoms with van der Waals surface area (Å²) in [6, 6.07) is 0.970. The smallest absolute Gasteiger partial charge is 0.134 e. The van der Waals surface area contributed by atoms with Crippen molar-refractivity contribution in [3.8, 4) is 0 Å². The zero-order valence-corrected chi connectivity index (χ0v) is 7.17. The van der Waals surface area contributed by atoms with Crippen molar-refractivity contribution in [2.75, 3.05) is 6.61 Å². The molecule has 0 fully saturated rings. The predicted octanol–water partition coefficient (Wildman–Crippen LogP) is 1.52. The molecule has 2 N–H and O–H groups in total. The van der Waals surface area contributed by atoms with Crippen molar-refractivity contribution in [3.05, 3.63) is 35.1 Å². The lowest BCUT2D eigenvalue weighted by molar-refractivity contribution is 0.127. The minimum absolute atomic E-state index is 0.195. The third-order valence-corrected chi connectivity index (χ3v) is 1.78. The van der Waals surface area contributed by atoms with Crippen LogP contribution in [0.4, 0.5) is 13.2 Å². The van der Waals surface area contributed by atoms with Gasteiger partial charge in [0.25, 0.3) is 0 Å². The molecule has 0 saturated carbocycles. The summed E-state index contributed by atoms with van der Waals surface area (Å²) in [7, 11) is 0. The van der Waals surface area contributed by atoms with E-state index in [9.17, 15) is 18.3 Å². The molecule has 5 heteroatoms. The Labute approximate surface area is 78.6 Å². The SMILES string of the molecule is OCCC(O)c1c(F)cc(F)cc1F. The van der Waals surface area contributed by atoms with Crippen LogP contribution in [0.2, 0.25) is 0 Å². The highest BCUT2D eigenvalue weighted by Crippen LogP contribution is 2.23. The highest BCUT2D eigenvalue weighted by molar-refractivity contribution is 5.22. The van der Waals surface area contributed by atoms with E-state index in [4.69, 9.17) is 5.11 Å². The average molecular weight is 206 g/mol. The number of rotatable bonds is 3. The first kappa shape index (κ1) is 11.0. The maximum Gasteiger partial charge on any atom is 0.134 e. The van der Waals surface area contributed by atoms with Crippen molar-refractivity contribution >= 4 is 0 Å². The highest BCUT2D eigenvalue weighted by Gasteiger charge is 2.18. The van der Waals surface area contributed by atoms with Crippen molar-refractivity contribution in [2.24, 2.45) is 0 Å². The molecule has 1 aromatic carbocycles. The van der Waals surface area contributed by atoms with Gasteiger partial charge in [-0.15, -0.1) is 0 Å². The fourth-order valence-corrected chi connectivity index (χ4v) is 1.14. The Bertz CT molecular complexity index is 305. The van der Waals surface area contributed by atoms with Crippen LogP contribution >= 0.6 is 0 Å². The molecule has 0 heterocycles. The van der Waals surface area contributed by atoms with Gasteiger partial charge in [0.05, 0.1) is 11.7 Å². The molecule has 0 amide bonds. The second kappa shape index (κ2) is 4.43. The Morgan fingerprint density at radius 1 is 1.14 bits per heavy atom. The molecule has 0 spiro atoms. The minimum atomic E-state index is -1.46. The van der Waals surface area contributed by atoms with Crippen LogP contribution in [0.5, 0.6) is 0 Å². The summed E-state index contributed by atoms with van der Waals surface area (Å²) >= 11 is 0. The molecule has 78 valence electrons. The maximum atomic E-state index is 13.0. The van der Waals surface area contributed by atoms with Gasteiger partial charge in [-0.05, 0) is 0 Å². The van der Waals surface area contributed by atoms with E-state index in [0.717, 1.165) is 0 Å². The van der Waals surface area contributed by atoms with Gasteiger partial charge in [0.2, 0.25) is 0 Å². The van der Waals surface area contributed by atoms with E-state index >= 15 is 0 Å². The topological polar surface area (TPSA) is 40.5 Å². The van der Waals surface area contributed by atoms with Crippen molar-refractivity contribution in [3.63, 3.8) is 0 Å². The summed E-state index contributed by atoms with van der Waals surface area (Å²) in [5, 5.41) is 17.7. The Kier molecular flexibility index (Phi) is 3.49. The highest BCUT2D eigenvalue weighted by atomic mass is 19.1. The van der Waals surface area contributed by atoms with Gasteiger partial charge in [-0.2, -0.15) is 0 Å². The van der Waals surface area contributed by atoms with Crippen molar-refractivity contribution < 1.29 is 23.4 Å². The zero-order valence-electron chi connectivity index (χ0n) is 7.17. The lowest BCUT2D eigenvalue weighted by Gasteiger charge is -2.11. The first-order chi connectivity index (χ1) is 6.56. The van der Waals surface area contributed by atoms with E-state index in [2.05, 4.69) is 0 Å². The Hall–Kier alpha value is -1.07. The number of benzene rings is 1. The minimum Gasteiger partial charge on any atom is -0.396 e. The summed E-state index contributed by atoms with van der Waals surface area (Å²) in [4.78, 5) is 0. The van der Waals surface area contributed by atoms with E-state index in [1.165, 1.54) is 0 Å². The van der Waals surface area contributed by atoms with Crippen LogP contribution in [0.1, 0.15) is 18.1 Å². The molecule has 0 aliphatic rings. The molecule has 0 bridgehead atoms. The van der Waals surface area contributed by atoms with Gasteiger partial charge in [-0.3, -0.25) is 0 Å². The van der Waals surface area contributed by atoms with Crippen LogP contribution in [0.3, 0.4) is 0 Å². The molecule has 0 aromatic heterocycles. The predicted molar refractivity (Wildman–Crippen MR) is 43.0 cm³/mol.